The summed E-state index contributed by atoms with van der Waals surface area (Å²) in [5.41, 5.74) is 1.60. The predicted molar refractivity (Wildman–Crippen MR) is 123 cm³/mol. The molecule has 8 heteroatoms. The lowest BCUT2D eigenvalue weighted by Crippen LogP contribution is -2.51. The van der Waals surface area contributed by atoms with Crippen molar-refractivity contribution in [1.82, 2.24) is 0 Å². The first-order valence-corrected chi connectivity index (χ1v) is 11.7. The number of carbonyl (C=O) groups is 1. The molecular weight excluding hydrogens is 452 g/mol. The molecule has 0 radical (unpaired) electrons. The second-order valence-electron chi connectivity index (χ2n) is 8.80. The van der Waals surface area contributed by atoms with Gasteiger partial charge >= 0.3 is 5.97 Å². The van der Waals surface area contributed by atoms with E-state index in [1.165, 1.54) is 0 Å². The Morgan fingerprint density at radius 1 is 1.15 bits per heavy atom. The second-order valence-corrected chi connectivity index (χ2v) is 9.18. The number of halogens is 3. The van der Waals surface area contributed by atoms with E-state index in [1.807, 2.05) is 31.2 Å². The van der Waals surface area contributed by atoms with Gasteiger partial charge in [0.25, 0.3) is 0 Å². The van der Waals surface area contributed by atoms with Crippen LogP contribution in [0, 0.1) is 0 Å². The van der Waals surface area contributed by atoms with Crippen LogP contribution >= 0.6 is 11.6 Å². The number of aliphatic carboxylic acids is 1. The van der Waals surface area contributed by atoms with Gasteiger partial charge in [0.2, 0.25) is 5.92 Å². The molecule has 0 aromatic heterocycles. The van der Waals surface area contributed by atoms with E-state index in [4.69, 9.17) is 21.1 Å². The maximum atomic E-state index is 13.7. The average Bonchev–Trinajstić information content (AvgIpc) is 3.60. The lowest BCUT2D eigenvalue weighted by Gasteiger charge is -2.38. The van der Waals surface area contributed by atoms with Crippen LogP contribution in [0.5, 0.6) is 5.75 Å². The van der Waals surface area contributed by atoms with Crippen LogP contribution in [0.3, 0.4) is 0 Å². The Kier molecular flexibility index (Phi) is 6.82. The number of alkyl halides is 2. The molecule has 2 aliphatic rings. The number of carboxylic acids is 1. The fraction of sp³-hybridized carbons (Fsp3) is 0.480. The van der Waals surface area contributed by atoms with E-state index in [2.05, 4.69) is 5.32 Å². The van der Waals surface area contributed by atoms with Crippen molar-refractivity contribution in [2.24, 2.45) is 0 Å². The summed E-state index contributed by atoms with van der Waals surface area (Å²) < 4.78 is 39.0. The Bertz CT molecular complexity index is 1020. The van der Waals surface area contributed by atoms with Crippen LogP contribution in [-0.4, -0.2) is 35.2 Å². The molecule has 4 rings (SSSR count). The van der Waals surface area contributed by atoms with Gasteiger partial charge in [-0.2, -0.15) is 0 Å². The zero-order valence-corrected chi connectivity index (χ0v) is 19.3. The molecule has 0 saturated heterocycles. The van der Waals surface area contributed by atoms with Crippen LogP contribution in [0.15, 0.2) is 36.4 Å². The number of benzene rings is 2. The first kappa shape index (κ1) is 23.8. The topological polar surface area (TPSA) is 67.8 Å². The Hall–Kier alpha value is -2.38. The smallest absolute Gasteiger partial charge is 0.329 e. The Labute approximate surface area is 197 Å². The molecule has 5 nitrogen and oxygen atoms in total. The maximum Gasteiger partial charge on any atom is 0.329 e. The molecule has 33 heavy (non-hydrogen) atoms. The van der Waals surface area contributed by atoms with Crippen molar-refractivity contribution in [3.05, 3.63) is 47.0 Å². The Morgan fingerprint density at radius 3 is 2.52 bits per heavy atom. The van der Waals surface area contributed by atoms with E-state index >= 15 is 0 Å². The number of ether oxygens (including phenoxy) is 2. The lowest BCUT2D eigenvalue weighted by atomic mass is 9.79. The summed E-state index contributed by atoms with van der Waals surface area (Å²) in [6.45, 7) is 2.71. The molecule has 2 N–H and O–H groups in total. The lowest BCUT2D eigenvalue weighted by molar-refractivity contribution is -0.146. The Balaban J connectivity index is 1.66. The molecule has 2 fully saturated rings. The van der Waals surface area contributed by atoms with Crippen molar-refractivity contribution in [1.29, 1.82) is 0 Å². The minimum absolute atomic E-state index is 0.146. The Morgan fingerprint density at radius 2 is 1.88 bits per heavy atom. The number of rotatable bonds is 9. The summed E-state index contributed by atoms with van der Waals surface area (Å²) in [5.74, 6) is -3.36. The molecule has 0 amide bonds. The van der Waals surface area contributed by atoms with Gasteiger partial charge in [0, 0.05) is 24.1 Å². The van der Waals surface area contributed by atoms with Crippen molar-refractivity contribution >= 4 is 23.3 Å². The minimum Gasteiger partial charge on any atom is -0.492 e. The van der Waals surface area contributed by atoms with Gasteiger partial charge in [-0.1, -0.05) is 29.8 Å². The maximum absolute atomic E-state index is 13.7. The predicted octanol–water partition coefficient (Wildman–Crippen LogP) is 6.53. The van der Waals surface area contributed by atoms with E-state index in [0.29, 0.717) is 29.7 Å². The monoisotopic (exact) mass is 479 g/mol. The van der Waals surface area contributed by atoms with Crippen LogP contribution in [0.25, 0.3) is 11.1 Å². The fourth-order valence-electron chi connectivity index (χ4n) is 4.19. The molecule has 2 aromatic rings. The molecule has 2 aliphatic carbocycles. The van der Waals surface area contributed by atoms with Gasteiger partial charge in [-0.05, 0) is 61.9 Å². The van der Waals surface area contributed by atoms with Crippen molar-refractivity contribution < 1.29 is 28.2 Å². The van der Waals surface area contributed by atoms with Gasteiger partial charge in [0.15, 0.2) is 0 Å². The molecule has 178 valence electrons. The highest BCUT2D eigenvalue weighted by Gasteiger charge is 2.48. The number of anilines is 1. The summed E-state index contributed by atoms with van der Waals surface area (Å²) in [6.07, 6.45) is 1.06. The quantitative estimate of drug-likeness (QED) is 0.428. The fourth-order valence-corrected chi connectivity index (χ4v) is 4.48. The SMILES string of the molecule is CCOc1cccc(-c2ccc(NC3(C(=O)O)CCC(F)(F)CC3)cc2COC2CC2)c1Cl. The molecule has 0 aliphatic heterocycles. The van der Waals surface area contributed by atoms with Crippen LogP contribution < -0.4 is 10.1 Å². The van der Waals surface area contributed by atoms with Gasteiger partial charge in [-0.15, -0.1) is 0 Å². The molecule has 0 bridgehead atoms. The number of hydrogen-bond donors (Lipinski definition) is 2. The molecular formula is C25H28ClF2NO4. The highest BCUT2D eigenvalue weighted by atomic mass is 35.5. The number of nitrogens with one attached hydrogen (secondary N) is 1. The zero-order valence-electron chi connectivity index (χ0n) is 18.5. The highest BCUT2D eigenvalue weighted by Crippen LogP contribution is 2.42. The molecule has 0 spiro atoms. The molecule has 0 unspecified atom stereocenters. The van der Waals surface area contributed by atoms with Crippen LogP contribution in [0.1, 0.15) is 51.0 Å². The highest BCUT2D eigenvalue weighted by molar-refractivity contribution is 6.34. The number of carboxylic acid groups (broad SMARTS) is 1. The standard InChI is InChI=1S/C25H28ClF2NO4/c1-2-32-21-5-3-4-20(22(21)26)19-9-6-17(14-16(19)15-33-18-7-8-18)29-24(23(30)31)10-12-25(27,28)13-11-24/h3-6,9,14,18,29H,2,7-8,10-13,15H2,1H3,(H,30,31). The first-order valence-electron chi connectivity index (χ1n) is 11.3. The average molecular weight is 480 g/mol. The second kappa shape index (κ2) is 9.47. The van der Waals surface area contributed by atoms with Gasteiger partial charge < -0.3 is 19.9 Å². The van der Waals surface area contributed by atoms with Gasteiger partial charge in [-0.3, -0.25) is 0 Å². The summed E-state index contributed by atoms with van der Waals surface area (Å²) in [7, 11) is 0. The van der Waals surface area contributed by atoms with Gasteiger partial charge in [0.05, 0.1) is 24.3 Å². The van der Waals surface area contributed by atoms with Gasteiger partial charge in [0.1, 0.15) is 11.3 Å². The van der Waals surface area contributed by atoms with Crippen molar-refractivity contribution in [2.75, 3.05) is 11.9 Å². The zero-order chi connectivity index (χ0) is 23.6. The van der Waals surface area contributed by atoms with Crippen molar-refractivity contribution in [2.45, 2.75) is 69.6 Å². The first-order chi connectivity index (χ1) is 15.7. The number of hydrogen-bond acceptors (Lipinski definition) is 4. The van der Waals surface area contributed by atoms with E-state index in [1.54, 1.807) is 12.1 Å². The summed E-state index contributed by atoms with van der Waals surface area (Å²) in [5, 5.41) is 13.4. The van der Waals surface area contributed by atoms with E-state index in [9.17, 15) is 18.7 Å². The third-order valence-corrected chi connectivity index (χ3v) is 6.68. The largest absolute Gasteiger partial charge is 0.492 e. The molecule has 2 aromatic carbocycles. The van der Waals surface area contributed by atoms with Crippen LogP contribution in [0.2, 0.25) is 5.02 Å². The molecule has 0 heterocycles. The van der Waals surface area contributed by atoms with Crippen LogP contribution in [-0.2, 0) is 16.1 Å². The van der Waals surface area contributed by atoms with Crippen LogP contribution in [0.4, 0.5) is 14.5 Å². The van der Waals surface area contributed by atoms with E-state index in [-0.39, 0.29) is 18.9 Å². The third kappa shape index (κ3) is 5.41. The minimum atomic E-state index is -2.82. The summed E-state index contributed by atoms with van der Waals surface area (Å²) >= 11 is 6.62. The van der Waals surface area contributed by atoms with E-state index < -0.39 is 30.3 Å². The van der Waals surface area contributed by atoms with Crippen molar-refractivity contribution in [3.8, 4) is 16.9 Å². The third-order valence-electron chi connectivity index (χ3n) is 6.29. The normalized spacial score (nSPS) is 19.2. The summed E-state index contributed by atoms with van der Waals surface area (Å²) in [4.78, 5) is 12.1. The van der Waals surface area contributed by atoms with E-state index in [0.717, 1.165) is 29.5 Å². The van der Waals surface area contributed by atoms with Crippen molar-refractivity contribution in [3.63, 3.8) is 0 Å². The van der Waals surface area contributed by atoms with Gasteiger partial charge in [-0.25, -0.2) is 13.6 Å². The molecule has 0 atom stereocenters. The summed E-state index contributed by atoms with van der Waals surface area (Å²) in [6, 6.07) is 11.0. The molecule has 2 saturated carbocycles.